The van der Waals surface area contributed by atoms with Crippen molar-refractivity contribution in [3.05, 3.63) is 39.9 Å². The summed E-state index contributed by atoms with van der Waals surface area (Å²) >= 11 is 11.6. The fourth-order valence-corrected chi connectivity index (χ4v) is 1.47. The van der Waals surface area contributed by atoms with E-state index in [1.807, 2.05) is 0 Å². The van der Waals surface area contributed by atoms with E-state index < -0.39 is 11.7 Å². The van der Waals surface area contributed by atoms with Gasteiger partial charge in [-0.05, 0) is 23.8 Å². The summed E-state index contributed by atoms with van der Waals surface area (Å²) in [7, 11) is 1.63. The van der Waals surface area contributed by atoms with Gasteiger partial charge in [-0.15, -0.1) is 0 Å². The first-order valence-electron chi connectivity index (χ1n) is 4.62. The van der Waals surface area contributed by atoms with Crippen molar-refractivity contribution >= 4 is 40.6 Å². The zero-order chi connectivity index (χ0) is 13.0. The van der Waals surface area contributed by atoms with E-state index in [0.717, 1.165) is 0 Å². The molecule has 0 aromatic heterocycles. The van der Waals surface area contributed by atoms with Crippen molar-refractivity contribution in [1.82, 2.24) is 5.32 Å². The van der Waals surface area contributed by atoms with Gasteiger partial charge >= 0.3 is 5.97 Å². The third kappa shape index (κ3) is 3.47. The van der Waals surface area contributed by atoms with Gasteiger partial charge in [0, 0.05) is 12.7 Å². The van der Waals surface area contributed by atoms with Crippen LogP contribution in [0.4, 0.5) is 0 Å². The van der Waals surface area contributed by atoms with Gasteiger partial charge in [-0.3, -0.25) is 5.41 Å². The number of hydrogen-bond donors (Lipinski definition) is 3. The van der Waals surface area contributed by atoms with E-state index in [0.29, 0.717) is 21.3 Å². The van der Waals surface area contributed by atoms with Crippen molar-refractivity contribution in [3.8, 4) is 0 Å². The van der Waals surface area contributed by atoms with Crippen molar-refractivity contribution in [2.75, 3.05) is 7.05 Å². The van der Waals surface area contributed by atoms with Gasteiger partial charge in [0.05, 0.1) is 10.0 Å². The maximum Gasteiger partial charge on any atom is 0.353 e. The molecule has 0 saturated carbocycles. The number of carboxylic acids is 1. The molecule has 6 heteroatoms. The maximum absolute atomic E-state index is 10.6. The van der Waals surface area contributed by atoms with E-state index in [-0.39, 0.29) is 0 Å². The molecule has 0 aliphatic rings. The molecule has 3 N–H and O–H groups in total. The Kier molecular flexibility index (Phi) is 4.54. The highest BCUT2D eigenvalue weighted by molar-refractivity contribution is 6.42. The smallest absolute Gasteiger partial charge is 0.353 e. The van der Waals surface area contributed by atoms with Gasteiger partial charge in [-0.25, -0.2) is 4.79 Å². The zero-order valence-electron chi connectivity index (χ0n) is 8.92. The Hall–Kier alpha value is -1.52. The molecule has 1 aromatic rings. The van der Waals surface area contributed by atoms with Crippen molar-refractivity contribution in [2.45, 2.75) is 0 Å². The van der Waals surface area contributed by atoms with E-state index in [1.165, 1.54) is 6.08 Å². The monoisotopic (exact) mass is 272 g/mol. The van der Waals surface area contributed by atoms with Gasteiger partial charge in [0.1, 0.15) is 5.71 Å². The van der Waals surface area contributed by atoms with Crippen LogP contribution in [0.15, 0.2) is 24.3 Å². The number of carbonyl (C=O) groups is 1. The molecule has 90 valence electrons. The lowest BCUT2D eigenvalue weighted by Gasteiger charge is -2.08. The molecule has 0 amide bonds. The number of halogens is 2. The van der Waals surface area contributed by atoms with Gasteiger partial charge < -0.3 is 10.4 Å². The lowest BCUT2D eigenvalue weighted by atomic mass is 10.1. The summed E-state index contributed by atoms with van der Waals surface area (Å²) in [4.78, 5) is 10.6. The number of carboxylic acid groups (broad SMARTS) is 1. The molecule has 0 spiro atoms. The second-order valence-corrected chi connectivity index (χ2v) is 3.97. The van der Waals surface area contributed by atoms with Crippen molar-refractivity contribution in [3.63, 3.8) is 0 Å². The minimum absolute atomic E-state index is 0.368. The first-order valence-corrected chi connectivity index (χ1v) is 5.38. The first-order chi connectivity index (χ1) is 7.95. The van der Waals surface area contributed by atoms with Crippen LogP contribution in [0.2, 0.25) is 10.0 Å². The Morgan fingerprint density at radius 3 is 2.53 bits per heavy atom. The molecule has 4 nitrogen and oxygen atoms in total. The maximum atomic E-state index is 10.6. The predicted octanol–water partition coefficient (Wildman–Crippen LogP) is 2.66. The standard InChI is InChI=1S/C11H10Cl2N2O2/c1-15-10(5-9(14)11(16)17)6-2-3-7(12)8(13)4-6/h2-5,14-15H,1H3,(H,16,17)/b10-5-,14-9?. The summed E-state index contributed by atoms with van der Waals surface area (Å²) in [5.41, 5.74) is 0.629. The fraction of sp³-hybridized carbons (Fsp3) is 0.0909. The quantitative estimate of drug-likeness (QED) is 0.738. The summed E-state index contributed by atoms with van der Waals surface area (Å²) in [6.07, 6.45) is 1.21. The molecule has 0 radical (unpaired) electrons. The third-order valence-corrected chi connectivity index (χ3v) is 2.76. The Labute approximate surface area is 108 Å². The van der Waals surface area contributed by atoms with E-state index in [1.54, 1.807) is 25.2 Å². The van der Waals surface area contributed by atoms with Crippen molar-refractivity contribution in [1.29, 1.82) is 5.41 Å². The first kappa shape index (κ1) is 13.5. The van der Waals surface area contributed by atoms with Crippen molar-refractivity contribution in [2.24, 2.45) is 0 Å². The zero-order valence-corrected chi connectivity index (χ0v) is 10.4. The SMILES string of the molecule is CN/C(=C\C(=N)C(=O)O)c1ccc(Cl)c(Cl)c1. The van der Waals surface area contributed by atoms with E-state index in [2.05, 4.69) is 5.32 Å². The number of rotatable bonds is 4. The van der Waals surface area contributed by atoms with Gasteiger partial charge in [0.25, 0.3) is 0 Å². The second-order valence-electron chi connectivity index (χ2n) is 3.16. The number of hydrogen-bond acceptors (Lipinski definition) is 3. The normalized spacial score (nSPS) is 11.1. The van der Waals surface area contributed by atoms with Crippen LogP contribution in [0.3, 0.4) is 0 Å². The Balaban J connectivity index is 3.14. The van der Waals surface area contributed by atoms with Crippen LogP contribution in [0.1, 0.15) is 5.56 Å². The largest absolute Gasteiger partial charge is 0.477 e. The average Bonchev–Trinajstić information content (AvgIpc) is 2.29. The van der Waals surface area contributed by atoms with Crippen molar-refractivity contribution < 1.29 is 9.90 Å². The second kappa shape index (κ2) is 5.70. The molecule has 1 aromatic carbocycles. The molecule has 0 atom stereocenters. The molecule has 1 rings (SSSR count). The summed E-state index contributed by atoms with van der Waals surface area (Å²) in [5, 5.41) is 19.5. The van der Waals surface area contributed by atoms with Crippen LogP contribution in [0.25, 0.3) is 5.70 Å². The topological polar surface area (TPSA) is 73.2 Å². The fourth-order valence-electron chi connectivity index (χ4n) is 1.17. The highest BCUT2D eigenvalue weighted by Crippen LogP contribution is 2.25. The van der Waals surface area contributed by atoms with Crippen LogP contribution in [-0.4, -0.2) is 23.8 Å². The van der Waals surface area contributed by atoms with Crippen LogP contribution >= 0.6 is 23.2 Å². The van der Waals surface area contributed by atoms with Crippen LogP contribution in [-0.2, 0) is 4.79 Å². The average molecular weight is 273 g/mol. The molecule has 17 heavy (non-hydrogen) atoms. The molecule has 0 aliphatic heterocycles. The van der Waals surface area contributed by atoms with Gasteiger partial charge in [0.2, 0.25) is 0 Å². The minimum atomic E-state index is -1.29. The lowest BCUT2D eigenvalue weighted by molar-refractivity contribution is -0.129. The van der Waals surface area contributed by atoms with Gasteiger partial charge in [-0.2, -0.15) is 0 Å². The predicted molar refractivity (Wildman–Crippen MR) is 68.9 cm³/mol. The highest BCUT2D eigenvalue weighted by atomic mass is 35.5. The minimum Gasteiger partial charge on any atom is -0.477 e. The third-order valence-electron chi connectivity index (χ3n) is 2.02. The molecule has 0 heterocycles. The summed E-state index contributed by atoms with van der Waals surface area (Å²) in [5.74, 6) is -1.29. The van der Waals surface area contributed by atoms with Gasteiger partial charge in [-0.1, -0.05) is 29.3 Å². The lowest BCUT2D eigenvalue weighted by Crippen LogP contribution is -2.13. The molecule has 0 aliphatic carbocycles. The summed E-state index contributed by atoms with van der Waals surface area (Å²) in [6.45, 7) is 0. The molecule has 0 saturated heterocycles. The van der Waals surface area contributed by atoms with Crippen LogP contribution in [0.5, 0.6) is 0 Å². The summed E-state index contributed by atoms with van der Waals surface area (Å²) < 4.78 is 0. The Bertz CT molecular complexity index is 498. The molecule has 0 unspecified atom stereocenters. The number of nitrogens with one attached hydrogen (secondary N) is 2. The highest BCUT2D eigenvalue weighted by Gasteiger charge is 2.08. The molecule has 0 fully saturated rings. The van der Waals surface area contributed by atoms with E-state index >= 15 is 0 Å². The molecule has 0 bridgehead atoms. The van der Waals surface area contributed by atoms with E-state index in [4.69, 9.17) is 33.7 Å². The summed E-state index contributed by atoms with van der Waals surface area (Å²) in [6, 6.07) is 4.89. The van der Waals surface area contributed by atoms with E-state index in [9.17, 15) is 4.79 Å². The molecular weight excluding hydrogens is 263 g/mol. The van der Waals surface area contributed by atoms with Gasteiger partial charge in [0.15, 0.2) is 0 Å². The Morgan fingerprint density at radius 1 is 1.41 bits per heavy atom. The number of aliphatic carboxylic acids is 1. The van der Waals surface area contributed by atoms with Crippen LogP contribution in [0, 0.1) is 5.41 Å². The molecular formula is C11H10Cl2N2O2. The number of benzene rings is 1. The Morgan fingerprint density at radius 2 is 2.06 bits per heavy atom. The van der Waals surface area contributed by atoms with Crippen LogP contribution < -0.4 is 5.32 Å².